The lowest BCUT2D eigenvalue weighted by Gasteiger charge is -2.34. The van der Waals surface area contributed by atoms with E-state index in [-0.39, 0.29) is 6.61 Å². The predicted octanol–water partition coefficient (Wildman–Crippen LogP) is -2.42. The molecule has 0 saturated carbocycles. The van der Waals surface area contributed by atoms with Gasteiger partial charge in [0, 0.05) is 7.05 Å². The van der Waals surface area contributed by atoms with Gasteiger partial charge in [-0.3, -0.25) is 4.84 Å². The van der Waals surface area contributed by atoms with Crippen LogP contribution in [0.25, 0.3) is 0 Å². The maximum atomic E-state index is 9.24. The molecule has 1 saturated heterocycles. The number of aliphatic hydroxyl groups excluding tert-OH is 3. The molecule has 4 atom stereocenters. The minimum atomic E-state index is -1.24. The molecule has 0 radical (unpaired) electrons. The van der Waals surface area contributed by atoms with Crippen LogP contribution in [-0.2, 0) is 9.57 Å². The van der Waals surface area contributed by atoms with Gasteiger partial charge in [-0.05, 0) is 0 Å². The second kappa shape index (κ2) is 4.13. The van der Waals surface area contributed by atoms with E-state index in [0.717, 1.165) is 0 Å². The Bertz CT molecular complexity index is 144. The van der Waals surface area contributed by atoms with Crippen molar-refractivity contribution in [3.63, 3.8) is 0 Å². The van der Waals surface area contributed by atoms with Crippen molar-refractivity contribution < 1.29 is 24.9 Å². The summed E-state index contributed by atoms with van der Waals surface area (Å²) >= 11 is 0. The molecule has 0 amide bonds. The smallest absolute Gasteiger partial charge is 0.205 e. The summed E-state index contributed by atoms with van der Waals surface area (Å²) in [7, 11) is 1.51. The fourth-order valence-corrected chi connectivity index (χ4v) is 0.999. The molecular weight excluding hydrogens is 166 g/mol. The molecule has 0 spiro atoms. The van der Waals surface area contributed by atoms with E-state index in [0.29, 0.717) is 0 Å². The molecule has 0 aromatic rings. The first kappa shape index (κ1) is 9.85. The van der Waals surface area contributed by atoms with E-state index in [1.165, 1.54) is 7.05 Å². The number of aliphatic hydroxyl groups is 3. The highest BCUT2D eigenvalue weighted by atomic mass is 16.8. The summed E-state index contributed by atoms with van der Waals surface area (Å²) in [6.07, 6.45) is -4.46. The first-order chi connectivity index (χ1) is 5.66. The second-order valence-corrected chi connectivity index (χ2v) is 2.57. The number of hydrogen-bond donors (Lipinski definition) is 4. The summed E-state index contributed by atoms with van der Waals surface area (Å²) in [5.41, 5.74) is 2.33. The zero-order valence-electron chi connectivity index (χ0n) is 6.67. The summed E-state index contributed by atoms with van der Waals surface area (Å²) in [6, 6.07) is 0. The Morgan fingerprint density at radius 2 is 2.00 bits per heavy atom. The van der Waals surface area contributed by atoms with Crippen LogP contribution in [0, 0.1) is 0 Å². The highest BCUT2D eigenvalue weighted by Gasteiger charge is 2.38. The molecule has 1 heterocycles. The monoisotopic (exact) mass is 179 g/mol. The molecular formula is C6H13NO5. The van der Waals surface area contributed by atoms with Gasteiger partial charge in [0.05, 0.1) is 6.61 Å². The fraction of sp³-hybridized carbons (Fsp3) is 1.00. The van der Waals surface area contributed by atoms with Gasteiger partial charge in [0.2, 0.25) is 6.29 Å². The van der Waals surface area contributed by atoms with Crippen molar-refractivity contribution in [1.82, 2.24) is 5.48 Å². The van der Waals surface area contributed by atoms with Gasteiger partial charge in [0.15, 0.2) is 0 Å². The summed E-state index contributed by atoms with van der Waals surface area (Å²) in [5.74, 6) is 0. The number of hydroxylamine groups is 1. The zero-order valence-corrected chi connectivity index (χ0v) is 6.67. The van der Waals surface area contributed by atoms with Crippen molar-refractivity contribution in [1.29, 1.82) is 0 Å². The van der Waals surface area contributed by atoms with E-state index >= 15 is 0 Å². The summed E-state index contributed by atoms with van der Waals surface area (Å²) < 4.78 is 4.87. The second-order valence-electron chi connectivity index (χ2n) is 2.57. The van der Waals surface area contributed by atoms with Crippen LogP contribution in [0.15, 0.2) is 0 Å². The van der Waals surface area contributed by atoms with E-state index in [4.69, 9.17) is 19.8 Å². The quantitative estimate of drug-likeness (QED) is 0.352. The van der Waals surface area contributed by atoms with Crippen molar-refractivity contribution in [2.45, 2.75) is 24.6 Å². The Morgan fingerprint density at radius 1 is 1.33 bits per heavy atom. The Balaban J connectivity index is 2.46. The molecule has 4 N–H and O–H groups in total. The third kappa shape index (κ3) is 1.92. The topological polar surface area (TPSA) is 91.2 Å². The van der Waals surface area contributed by atoms with E-state index in [9.17, 15) is 5.11 Å². The molecule has 1 fully saturated rings. The molecule has 4 unspecified atom stereocenters. The van der Waals surface area contributed by atoms with Gasteiger partial charge >= 0.3 is 0 Å². The lowest BCUT2D eigenvalue weighted by molar-refractivity contribution is -0.285. The average molecular weight is 179 g/mol. The largest absolute Gasteiger partial charge is 0.388 e. The Hall–Kier alpha value is -0.240. The molecule has 6 heteroatoms. The summed E-state index contributed by atoms with van der Waals surface area (Å²) in [4.78, 5) is 4.72. The van der Waals surface area contributed by atoms with Gasteiger partial charge in [-0.1, -0.05) is 0 Å². The number of ether oxygens (including phenoxy) is 1. The van der Waals surface area contributed by atoms with Gasteiger partial charge in [0.25, 0.3) is 0 Å². The molecule has 12 heavy (non-hydrogen) atoms. The van der Waals surface area contributed by atoms with Gasteiger partial charge in [-0.25, -0.2) is 5.48 Å². The summed E-state index contributed by atoms with van der Waals surface area (Å²) in [6.45, 7) is -0.0510. The lowest BCUT2D eigenvalue weighted by Crippen LogP contribution is -2.54. The fourth-order valence-electron chi connectivity index (χ4n) is 0.999. The third-order valence-corrected chi connectivity index (χ3v) is 1.69. The number of nitrogens with one attached hydrogen (secondary N) is 1. The standard InChI is InChI=1S/C6H13NO5/c1-7-12-6-5(10)4(9)3(8)2-11-6/h3-10H,2H2,1H3. The van der Waals surface area contributed by atoms with Crippen LogP contribution in [0.2, 0.25) is 0 Å². The van der Waals surface area contributed by atoms with Crippen LogP contribution >= 0.6 is 0 Å². The van der Waals surface area contributed by atoms with Crippen molar-refractivity contribution in [2.24, 2.45) is 0 Å². The minimum absolute atomic E-state index is 0.0510. The van der Waals surface area contributed by atoms with E-state index in [2.05, 4.69) is 5.48 Å². The first-order valence-corrected chi connectivity index (χ1v) is 3.65. The lowest BCUT2D eigenvalue weighted by atomic mass is 10.1. The predicted molar refractivity (Wildman–Crippen MR) is 37.9 cm³/mol. The zero-order chi connectivity index (χ0) is 9.14. The molecule has 0 aromatic heterocycles. The van der Waals surface area contributed by atoms with Gasteiger partial charge < -0.3 is 20.1 Å². The van der Waals surface area contributed by atoms with Gasteiger partial charge in [-0.2, -0.15) is 0 Å². The Labute approximate surface area is 69.7 Å². The normalized spacial score (nSPS) is 43.0. The van der Waals surface area contributed by atoms with Crippen molar-refractivity contribution in [3.05, 3.63) is 0 Å². The molecule has 1 aliphatic rings. The highest BCUT2D eigenvalue weighted by Crippen LogP contribution is 2.15. The van der Waals surface area contributed by atoms with Crippen molar-refractivity contribution in [2.75, 3.05) is 13.7 Å². The van der Waals surface area contributed by atoms with Crippen LogP contribution < -0.4 is 5.48 Å². The average Bonchev–Trinajstić information content (AvgIpc) is 2.07. The number of hydrogen-bond acceptors (Lipinski definition) is 6. The molecule has 1 aliphatic heterocycles. The molecule has 0 aromatic carbocycles. The summed E-state index contributed by atoms with van der Waals surface area (Å²) in [5, 5.41) is 27.4. The number of rotatable bonds is 2. The molecule has 72 valence electrons. The van der Waals surface area contributed by atoms with Crippen LogP contribution in [0.5, 0.6) is 0 Å². The molecule has 6 nitrogen and oxygen atoms in total. The third-order valence-electron chi connectivity index (χ3n) is 1.69. The van der Waals surface area contributed by atoms with Gasteiger partial charge in [0.1, 0.15) is 18.3 Å². The molecule has 0 bridgehead atoms. The maximum absolute atomic E-state index is 9.24. The van der Waals surface area contributed by atoms with Crippen LogP contribution in [0.1, 0.15) is 0 Å². The maximum Gasteiger partial charge on any atom is 0.205 e. The Kier molecular flexibility index (Phi) is 3.39. The van der Waals surface area contributed by atoms with Crippen LogP contribution in [-0.4, -0.2) is 53.6 Å². The van der Waals surface area contributed by atoms with E-state index in [1.807, 2.05) is 0 Å². The van der Waals surface area contributed by atoms with E-state index < -0.39 is 24.6 Å². The van der Waals surface area contributed by atoms with Crippen molar-refractivity contribution in [3.8, 4) is 0 Å². The SMILES string of the molecule is CNOC1OCC(O)C(O)C1O. The van der Waals surface area contributed by atoms with Gasteiger partial charge in [-0.15, -0.1) is 0 Å². The molecule has 1 rings (SSSR count). The Morgan fingerprint density at radius 3 is 2.58 bits per heavy atom. The van der Waals surface area contributed by atoms with Crippen molar-refractivity contribution >= 4 is 0 Å². The van der Waals surface area contributed by atoms with Crippen LogP contribution in [0.4, 0.5) is 0 Å². The molecule has 0 aliphatic carbocycles. The highest BCUT2D eigenvalue weighted by molar-refractivity contribution is 4.81. The first-order valence-electron chi connectivity index (χ1n) is 3.65. The minimum Gasteiger partial charge on any atom is -0.388 e. The van der Waals surface area contributed by atoms with E-state index in [1.54, 1.807) is 0 Å². The van der Waals surface area contributed by atoms with Crippen LogP contribution in [0.3, 0.4) is 0 Å².